The van der Waals surface area contributed by atoms with Gasteiger partial charge in [-0.25, -0.2) is 4.79 Å². The largest absolute Gasteiger partial charge is 0.496 e. The van der Waals surface area contributed by atoms with Crippen molar-refractivity contribution in [2.24, 2.45) is 5.92 Å². The van der Waals surface area contributed by atoms with Crippen LogP contribution in [0.5, 0.6) is 5.75 Å². The number of halogens is 3. The number of nitrogens with one attached hydrogen (secondary N) is 1. The number of cyclic esters (lactones) is 1. The van der Waals surface area contributed by atoms with Gasteiger partial charge in [-0.2, -0.15) is 13.2 Å². The first-order chi connectivity index (χ1) is 17.5. The Morgan fingerprint density at radius 3 is 2.57 bits per heavy atom. The van der Waals surface area contributed by atoms with Crippen molar-refractivity contribution in [3.05, 3.63) is 34.4 Å². The third-order valence-electron chi connectivity index (χ3n) is 6.31. The summed E-state index contributed by atoms with van der Waals surface area (Å²) in [5.41, 5.74) is 0.695. The summed E-state index contributed by atoms with van der Waals surface area (Å²) in [5, 5.41) is 1.84. The molecule has 0 aliphatic carbocycles. The maximum Gasteiger partial charge on any atom is 0.471 e. The van der Waals surface area contributed by atoms with E-state index in [-0.39, 0.29) is 48.2 Å². The van der Waals surface area contributed by atoms with Crippen LogP contribution in [0.1, 0.15) is 40.4 Å². The molecule has 1 N–H and O–H groups in total. The zero-order chi connectivity index (χ0) is 27.2. The van der Waals surface area contributed by atoms with Gasteiger partial charge in [-0.3, -0.25) is 14.5 Å². The van der Waals surface area contributed by atoms with Crippen LogP contribution in [0, 0.1) is 12.8 Å². The number of esters is 2. The van der Waals surface area contributed by atoms with E-state index in [9.17, 15) is 27.6 Å². The lowest BCUT2D eigenvalue weighted by atomic mass is 9.93. The summed E-state index contributed by atoms with van der Waals surface area (Å²) in [6, 6.07) is 0. The number of carbonyl (C=O) groups is 3. The number of nitrogens with zero attached hydrogens (tertiary/aromatic N) is 1. The van der Waals surface area contributed by atoms with Gasteiger partial charge in [0.25, 0.3) is 0 Å². The van der Waals surface area contributed by atoms with Gasteiger partial charge in [0.15, 0.2) is 0 Å². The molecule has 1 amide bonds. The number of fused-ring (bicyclic) bond motifs is 1. The number of benzene rings is 1. The fraction of sp³-hybridized carbons (Fsp3) is 0.560. The number of allylic oxidation sites excluding steroid dienone is 2. The molecule has 0 bridgehead atoms. The van der Waals surface area contributed by atoms with Crippen LogP contribution in [-0.4, -0.2) is 75.5 Å². The van der Waals surface area contributed by atoms with E-state index >= 15 is 0 Å². The predicted octanol–water partition coefficient (Wildman–Crippen LogP) is 3.18. The number of amides is 1. The van der Waals surface area contributed by atoms with Gasteiger partial charge in [0, 0.05) is 30.8 Å². The second-order valence-corrected chi connectivity index (χ2v) is 8.83. The topological polar surface area (TPSA) is 103 Å². The van der Waals surface area contributed by atoms with Gasteiger partial charge in [-0.1, -0.05) is 19.1 Å². The molecule has 9 nitrogen and oxygen atoms in total. The molecule has 12 heteroatoms. The second-order valence-electron chi connectivity index (χ2n) is 8.83. The Labute approximate surface area is 212 Å². The average molecular weight is 529 g/mol. The number of hydrogen-bond donors (Lipinski definition) is 1. The smallest absolute Gasteiger partial charge is 0.471 e. The monoisotopic (exact) mass is 528 g/mol. The first-order valence-corrected chi connectivity index (χ1v) is 11.9. The minimum atomic E-state index is -5.15. The molecule has 2 aliphatic heterocycles. The van der Waals surface area contributed by atoms with Crippen LogP contribution < -0.4 is 10.1 Å². The summed E-state index contributed by atoms with van der Waals surface area (Å²) < 4.78 is 60.1. The van der Waals surface area contributed by atoms with Crippen molar-refractivity contribution in [1.82, 2.24) is 4.90 Å². The van der Waals surface area contributed by atoms with Crippen molar-refractivity contribution in [3.63, 3.8) is 0 Å². The molecule has 0 radical (unpaired) electrons. The maximum absolute atomic E-state index is 13.0. The van der Waals surface area contributed by atoms with Crippen molar-refractivity contribution >= 4 is 23.5 Å². The standard InChI is InChI=1S/C25H31F3N2O7/c1-15(22(31)36-13-10-30-8-11-35-12-9-30)6-4-5-7-17-20(29-24(33)25(26,27)28)19-18(14-37-23(19)32)16(2)21(17)34-3/h4-5,15H,6-14H2,1-3H3,(H,29,33)/b5-4+. The van der Waals surface area contributed by atoms with E-state index in [0.29, 0.717) is 37.3 Å². The van der Waals surface area contributed by atoms with Crippen molar-refractivity contribution < 1.29 is 46.5 Å². The SMILES string of the molecule is COc1c(C)c2c(c(NC(=O)C(F)(F)F)c1C/C=C/CC(C)C(=O)OCCN1CCOCC1)C(=O)OC2. The van der Waals surface area contributed by atoms with E-state index in [1.165, 1.54) is 7.11 Å². The number of morpholine rings is 1. The highest BCUT2D eigenvalue weighted by Gasteiger charge is 2.41. The minimum Gasteiger partial charge on any atom is -0.496 e. The molecule has 1 aromatic rings. The third-order valence-corrected chi connectivity index (χ3v) is 6.31. The molecule has 3 rings (SSSR count). The fourth-order valence-corrected chi connectivity index (χ4v) is 4.22. The van der Waals surface area contributed by atoms with Crippen molar-refractivity contribution in [2.75, 3.05) is 51.9 Å². The molecule has 1 atom stereocenters. The average Bonchev–Trinajstić information content (AvgIpc) is 3.25. The predicted molar refractivity (Wildman–Crippen MR) is 126 cm³/mol. The molecular formula is C25H31F3N2O7. The zero-order valence-electron chi connectivity index (χ0n) is 21.0. The Morgan fingerprint density at radius 1 is 1.22 bits per heavy atom. The quantitative estimate of drug-likeness (QED) is 0.365. The summed E-state index contributed by atoms with van der Waals surface area (Å²) in [6.45, 7) is 7.06. The Morgan fingerprint density at radius 2 is 1.92 bits per heavy atom. The molecule has 1 aromatic carbocycles. The van der Waals surface area contributed by atoms with Crippen molar-refractivity contribution in [2.45, 2.75) is 39.5 Å². The van der Waals surface area contributed by atoms with Gasteiger partial charge in [0.2, 0.25) is 0 Å². The van der Waals surface area contributed by atoms with Gasteiger partial charge in [-0.05, 0) is 25.3 Å². The van der Waals surface area contributed by atoms with E-state index in [1.54, 1.807) is 26.0 Å². The molecule has 1 unspecified atom stereocenters. The van der Waals surface area contributed by atoms with Crippen LogP contribution in [0.4, 0.5) is 18.9 Å². The molecule has 0 aromatic heterocycles. The summed E-state index contributed by atoms with van der Waals surface area (Å²) in [7, 11) is 1.35. The van der Waals surface area contributed by atoms with Crippen LogP contribution >= 0.6 is 0 Å². The Kier molecular flexibility index (Phi) is 9.55. The number of carbonyl (C=O) groups excluding carboxylic acids is 3. The molecule has 1 saturated heterocycles. The third kappa shape index (κ3) is 7.01. The lowest BCUT2D eigenvalue weighted by Crippen LogP contribution is -2.38. The summed E-state index contributed by atoms with van der Waals surface area (Å²) in [5.74, 6) is -3.58. The molecule has 204 valence electrons. The van der Waals surface area contributed by atoms with E-state index in [2.05, 4.69) is 4.90 Å². The zero-order valence-corrected chi connectivity index (χ0v) is 21.0. The van der Waals surface area contributed by atoms with Crippen LogP contribution in [-0.2, 0) is 36.8 Å². The molecule has 0 saturated carbocycles. The fourth-order valence-electron chi connectivity index (χ4n) is 4.22. The number of rotatable bonds is 10. The van der Waals surface area contributed by atoms with E-state index in [4.69, 9.17) is 18.9 Å². The van der Waals surface area contributed by atoms with Gasteiger partial charge in [-0.15, -0.1) is 0 Å². The summed E-state index contributed by atoms with van der Waals surface area (Å²) in [6.07, 6.45) is -1.45. The van der Waals surface area contributed by atoms with Crippen molar-refractivity contribution in [1.29, 1.82) is 0 Å². The minimum absolute atomic E-state index is 0.0385. The van der Waals surface area contributed by atoms with E-state index in [1.807, 2.05) is 5.32 Å². The molecule has 1 fully saturated rings. The Balaban J connectivity index is 1.69. The Hall–Kier alpha value is -3.12. The number of alkyl halides is 3. The van der Waals surface area contributed by atoms with Gasteiger partial charge in [0.05, 0.1) is 37.5 Å². The first kappa shape index (κ1) is 28.5. The molecule has 37 heavy (non-hydrogen) atoms. The van der Waals surface area contributed by atoms with Gasteiger partial charge < -0.3 is 24.3 Å². The normalized spacial score (nSPS) is 16.9. The van der Waals surface area contributed by atoms with E-state index in [0.717, 1.165) is 13.1 Å². The number of ether oxygens (including phenoxy) is 4. The van der Waals surface area contributed by atoms with Crippen LogP contribution in [0.25, 0.3) is 0 Å². The molecule has 2 aliphatic rings. The first-order valence-electron chi connectivity index (χ1n) is 11.9. The number of hydrogen-bond acceptors (Lipinski definition) is 8. The maximum atomic E-state index is 13.0. The molecular weight excluding hydrogens is 497 g/mol. The van der Waals surface area contributed by atoms with E-state index < -0.39 is 24.0 Å². The number of anilines is 1. The second kappa shape index (κ2) is 12.4. The van der Waals surface area contributed by atoms with Crippen LogP contribution in [0.15, 0.2) is 12.2 Å². The lowest BCUT2D eigenvalue weighted by molar-refractivity contribution is -0.167. The number of methoxy groups -OCH3 is 1. The summed E-state index contributed by atoms with van der Waals surface area (Å²) in [4.78, 5) is 38.5. The van der Waals surface area contributed by atoms with Gasteiger partial charge in [0.1, 0.15) is 19.0 Å². The molecule has 0 spiro atoms. The van der Waals surface area contributed by atoms with Crippen LogP contribution in [0.2, 0.25) is 0 Å². The highest BCUT2D eigenvalue weighted by Crippen LogP contribution is 2.41. The highest BCUT2D eigenvalue weighted by molar-refractivity contribution is 6.07. The van der Waals surface area contributed by atoms with Gasteiger partial charge >= 0.3 is 24.0 Å². The van der Waals surface area contributed by atoms with Crippen molar-refractivity contribution in [3.8, 4) is 5.75 Å². The lowest BCUT2D eigenvalue weighted by Gasteiger charge is -2.26. The van der Waals surface area contributed by atoms with Crippen LogP contribution in [0.3, 0.4) is 0 Å². The Bertz CT molecular complexity index is 1050. The summed E-state index contributed by atoms with van der Waals surface area (Å²) >= 11 is 0. The highest BCUT2D eigenvalue weighted by atomic mass is 19.4. The molecule has 2 heterocycles.